The second-order valence-corrected chi connectivity index (χ2v) is 8.53. The van der Waals surface area contributed by atoms with Gasteiger partial charge in [0.05, 0.1) is 0 Å². The maximum absolute atomic E-state index is 15.1. The van der Waals surface area contributed by atoms with Crippen LogP contribution in [0.4, 0.5) is 15.9 Å². The summed E-state index contributed by atoms with van der Waals surface area (Å²) in [7, 11) is 0. The van der Waals surface area contributed by atoms with Crippen molar-refractivity contribution in [2.24, 2.45) is 0 Å². The molecule has 1 aromatic heterocycles. The lowest BCUT2D eigenvalue weighted by atomic mass is 9.82. The number of anilines is 2. The first-order valence-corrected chi connectivity index (χ1v) is 10.7. The highest BCUT2D eigenvalue weighted by Gasteiger charge is 2.51. The van der Waals surface area contributed by atoms with Crippen LogP contribution in [-0.4, -0.2) is 45.8 Å². The highest BCUT2D eigenvalue weighted by atomic mass is 35.5. The van der Waals surface area contributed by atoms with E-state index >= 15 is 4.39 Å². The molecule has 31 heavy (non-hydrogen) atoms. The molecule has 8 nitrogen and oxygen atoms in total. The zero-order valence-electron chi connectivity index (χ0n) is 16.5. The molecule has 2 atom stereocenters. The molecule has 4 N–H and O–H groups in total. The Morgan fingerprint density at radius 1 is 1.19 bits per heavy atom. The average molecular weight is 467 g/mol. The van der Waals surface area contributed by atoms with Crippen LogP contribution in [0.2, 0.25) is 10.0 Å². The van der Waals surface area contributed by atoms with Gasteiger partial charge in [-0.1, -0.05) is 23.2 Å². The molecule has 2 amide bonds. The first kappa shape index (κ1) is 21.6. The molecule has 2 aliphatic heterocycles. The quantitative estimate of drug-likeness (QED) is 0.638. The minimum absolute atomic E-state index is 0.179. The summed E-state index contributed by atoms with van der Waals surface area (Å²) in [4.78, 5) is 35.6. The number of benzene rings is 1. The van der Waals surface area contributed by atoms with Crippen LogP contribution < -0.4 is 16.4 Å². The van der Waals surface area contributed by atoms with Crippen molar-refractivity contribution in [3.05, 3.63) is 46.1 Å². The van der Waals surface area contributed by atoms with Crippen LogP contribution >= 0.6 is 23.2 Å². The molecular formula is C20H21Cl2FN6O2. The maximum Gasteiger partial charge on any atom is 0.255 e. The summed E-state index contributed by atoms with van der Waals surface area (Å²) >= 11 is 12.3. The molecule has 164 valence electrons. The lowest BCUT2D eigenvalue weighted by molar-refractivity contribution is -0.148. The second-order valence-electron chi connectivity index (χ2n) is 7.66. The number of nitrogens with one attached hydrogen (secondary N) is 2. The van der Waals surface area contributed by atoms with E-state index in [1.165, 1.54) is 4.90 Å². The number of aromatic nitrogens is 2. The summed E-state index contributed by atoms with van der Waals surface area (Å²) in [6.45, 7) is 0.942. The standard InChI is InChI=1S/C20H21Cl2FN6O2/c21-11-7-12(22)9-13(8-11)28-20(16-15(23)17(24)27-10-26-16)4-2-6-29(19(20)31)14-3-1-5-25-18(14)30/h7-10,14,28H,1-6H2,(H,25,30)(H2,24,26,27)/t14-,20-/m1/s1. The molecule has 3 heterocycles. The summed E-state index contributed by atoms with van der Waals surface area (Å²) in [6, 6.07) is 4.08. The molecule has 11 heteroatoms. The van der Waals surface area contributed by atoms with Crippen molar-refractivity contribution >= 4 is 46.5 Å². The van der Waals surface area contributed by atoms with E-state index in [2.05, 4.69) is 20.6 Å². The van der Waals surface area contributed by atoms with Crippen molar-refractivity contribution in [2.75, 3.05) is 24.1 Å². The Labute approximate surface area is 188 Å². The highest BCUT2D eigenvalue weighted by molar-refractivity contribution is 6.35. The molecule has 0 bridgehead atoms. The molecule has 0 unspecified atom stereocenters. The van der Waals surface area contributed by atoms with Gasteiger partial charge in [-0.2, -0.15) is 0 Å². The van der Waals surface area contributed by atoms with E-state index in [-0.39, 0.29) is 23.8 Å². The number of piperidine rings is 2. The highest BCUT2D eigenvalue weighted by Crippen LogP contribution is 2.39. The van der Waals surface area contributed by atoms with Crippen LogP contribution in [0.5, 0.6) is 0 Å². The Morgan fingerprint density at radius 3 is 2.65 bits per heavy atom. The largest absolute Gasteiger partial charge is 0.381 e. The van der Waals surface area contributed by atoms with Gasteiger partial charge >= 0.3 is 0 Å². The van der Waals surface area contributed by atoms with Crippen molar-refractivity contribution in [3.8, 4) is 0 Å². The van der Waals surface area contributed by atoms with E-state index in [9.17, 15) is 9.59 Å². The van der Waals surface area contributed by atoms with Gasteiger partial charge in [0, 0.05) is 28.8 Å². The zero-order chi connectivity index (χ0) is 22.2. The van der Waals surface area contributed by atoms with E-state index in [1.54, 1.807) is 18.2 Å². The summed E-state index contributed by atoms with van der Waals surface area (Å²) < 4.78 is 15.1. The molecule has 2 aromatic rings. The lowest BCUT2D eigenvalue weighted by Crippen LogP contribution is -2.62. The Kier molecular flexibility index (Phi) is 5.90. The van der Waals surface area contributed by atoms with Gasteiger partial charge in [0.2, 0.25) is 5.91 Å². The normalized spacial score (nSPS) is 24.1. The summed E-state index contributed by atoms with van der Waals surface area (Å²) in [5.41, 5.74) is 4.32. The van der Waals surface area contributed by atoms with E-state index < -0.39 is 23.3 Å². The Morgan fingerprint density at radius 2 is 1.94 bits per heavy atom. The van der Waals surface area contributed by atoms with Crippen LogP contribution in [0.25, 0.3) is 0 Å². The van der Waals surface area contributed by atoms with Crippen LogP contribution in [0.15, 0.2) is 24.5 Å². The molecule has 4 rings (SSSR count). The first-order chi connectivity index (χ1) is 14.8. The maximum atomic E-state index is 15.1. The van der Waals surface area contributed by atoms with Gasteiger partial charge in [0.1, 0.15) is 18.1 Å². The van der Waals surface area contributed by atoms with Gasteiger partial charge in [0.15, 0.2) is 17.2 Å². The minimum atomic E-state index is -1.61. The number of carbonyl (C=O) groups excluding carboxylic acids is 2. The molecule has 0 aliphatic carbocycles. The number of amides is 2. The number of nitrogen functional groups attached to an aromatic ring is 1. The fourth-order valence-electron chi connectivity index (χ4n) is 4.27. The molecule has 2 saturated heterocycles. The number of halogens is 3. The van der Waals surface area contributed by atoms with Gasteiger partial charge in [-0.05, 0) is 43.9 Å². The fourth-order valence-corrected chi connectivity index (χ4v) is 4.79. The second kappa shape index (κ2) is 8.47. The summed E-state index contributed by atoms with van der Waals surface area (Å²) in [5.74, 6) is -1.93. The average Bonchev–Trinajstić information content (AvgIpc) is 2.72. The Hall–Kier alpha value is -2.65. The molecule has 1 aromatic carbocycles. The molecule has 2 aliphatic rings. The molecule has 2 fully saturated rings. The number of likely N-dealkylation sites (tertiary alicyclic amines) is 1. The third-order valence-electron chi connectivity index (χ3n) is 5.65. The third-order valence-corrected chi connectivity index (χ3v) is 6.09. The number of carbonyl (C=O) groups is 2. The predicted molar refractivity (Wildman–Crippen MR) is 115 cm³/mol. The number of nitrogens with two attached hydrogens (primary N) is 1. The van der Waals surface area contributed by atoms with E-state index in [1.807, 2.05) is 0 Å². The molecule has 0 spiro atoms. The van der Waals surface area contributed by atoms with Gasteiger partial charge in [0.25, 0.3) is 5.91 Å². The monoisotopic (exact) mass is 466 g/mol. The van der Waals surface area contributed by atoms with Crippen molar-refractivity contribution in [2.45, 2.75) is 37.3 Å². The van der Waals surface area contributed by atoms with Crippen molar-refractivity contribution in [1.29, 1.82) is 0 Å². The van der Waals surface area contributed by atoms with Crippen LogP contribution in [0.1, 0.15) is 31.4 Å². The van der Waals surface area contributed by atoms with Crippen molar-refractivity contribution in [3.63, 3.8) is 0 Å². The Balaban J connectivity index is 1.82. The van der Waals surface area contributed by atoms with Crippen LogP contribution in [0.3, 0.4) is 0 Å². The fraction of sp³-hybridized carbons (Fsp3) is 0.400. The lowest BCUT2D eigenvalue weighted by Gasteiger charge is -2.45. The van der Waals surface area contributed by atoms with Gasteiger partial charge in [-0.25, -0.2) is 14.4 Å². The first-order valence-electron chi connectivity index (χ1n) is 9.91. The number of hydrogen-bond acceptors (Lipinski definition) is 6. The predicted octanol–water partition coefficient (Wildman–Crippen LogP) is 2.71. The SMILES string of the molecule is Nc1ncnc([C@]2(Nc3cc(Cl)cc(Cl)c3)CCCN([C@@H]3CCCNC3=O)C2=O)c1F. The van der Waals surface area contributed by atoms with Crippen molar-refractivity contribution < 1.29 is 14.0 Å². The molecular weight excluding hydrogens is 446 g/mol. The van der Waals surface area contributed by atoms with Gasteiger partial charge in [-0.15, -0.1) is 0 Å². The van der Waals surface area contributed by atoms with E-state index in [0.29, 0.717) is 41.7 Å². The summed E-state index contributed by atoms with van der Waals surface area (Å²) in [6.07, 6.45) is 3.14. The number of hydrogen-bond donors (Lipinski definition) is 3. The number of nitrogens with zero attached hydrogens (tertiary/aromatic N) is 3. The van der Waals surface area contributed by atoms with Gasteiger partial charge < -0.3 is 21.3 Å². The minimum Gasteiger partial charge on any atom is -0.381 e. The van der Waals surface area contributed by atoms with Crippen molar-refractivity contribution in [1.82, 2.24) is 20.2 Å². The van der Waals surface area contributed by atoms with E-state index in [4.69, 9.17) is 28.9 Å². The van der Waals surface area contributed by atoms with E-state index in [0.717, 1.165) is 12.7 Å². The third kappa shape index (κ3) is 3.99. The smallest absolute Gasteiger partial charge is 0.255 e. The summed E-state index contributed by atoms with van der Waals surface area (Å²) in [5, 5.41) is 6.60. The topological polar surface area (TPSA) is 113 Å². The molecule has 0 saturated carbocycles. The van der Waals surface area contributed by atoms with Crippen LogP contribution in [0, 0.1) is 5.82 Å². The number of rotatable bonds is 4. The molecule has 0 radical (unpaired) electrons. The van der Waals surface area contributed by atoms with Crippen LogP contribution in [-0.2, 0) is 15.1 Å². The van der Waals surface area contributed by atoms with Gasteiger partial charge in [-0.3, -0.25) is 9.59 Å². The Bertz CT molecular complexity index is 1020. The zero-order valence-corrected chi connectivity index (χ0v) is 18.0.